The van der Waals surface area contributed by atoms with Gasteiger partial charge in [0.05, 0.1) is 17.7 Å². The van der Waals surface area contributed by atoms with Crippen molar-refractivity contribution < 1.29 is 14.6 Å². The largest absolute Gasteiger partial charge is 0.507 e. The molecular weight excluding hydrogens is 358 g/mol. The predicted molar refractivity (Wildman–Crippen MR) is 94.7 cm³/mol. The molecule has 0 atom stereocenters. The zero-order valence-electron chi connectivity index (χ0n) is 14.0. The number of benzene rings is 1. The van der Waals surface area contributed by atoms with E-state index < -0.39 is 0 Å². The fourth-order valence-corrected chi connectivity index (χ4v) is 3.14. The summed E-state index contributed by atoms with van der Waals surface area (Å²) in [6, 6.07) is 5.75. The molecule has 128 valence electrons. The van der Waals surface area contributed by atoms with E-state index in [1.807, 2.05) is 23.1 Å². The Kier molecular flexibility index (Phi) is 6.48. The molecule has 2 rings (SSSR count). The molecule has 0 bridgehead atoms. The summed E-state index contributed by atoms with van der Waals surface area (Å²) in [5.41, 5.74) is 1.11. The number of morpholine rings is 1. The van der Waals surface area contributed by atoms with Crippen LogP contribution in [-0.2, 0) is 14.9 Å². The molecule has 0 radical (unpaired) electrons. The van der Waals surface area contributed by atoms with Crippen LogP contribution in [0.4, 0.5) is 0 Å². The minimum Gasteiger partial charge on any atom is -0.507 e. The van der Waals surface area contributed by atoms with E-state index in [4.69, 9.17) is 4.74 Å². The van der Waals surface area contributed by atoms with Crippen LogP contribution in [0, 0.1) is 0 Å². The molecule has 1 aromatic carbocycles. The number of carbonyl (C=O) groups excluding carboxylic acids is 1. The highest BCUT2D eigenvalue weighted by molar-refractivity contribution is 9.10. The fraction of sp³-hybridized carbons (Fsp3) is 0.611. The maximum Gasteiger partial charge on any atom is 0.222 e. The van der Waals surface area contributed by atoms with Crippen LogP contribution in [0.1, 0.15) is 45.1 Å². The number of ether oxygens (including phenoxy) is 1. The second-order valence-corrected chi connectivity index (χ2v) is 7.60. The molecule has 1 saturated heterocycles. The number of rotatable bonds is 6. The quantitative estimate of drug-likeness (QED) is 0.758. The Morgan fingerprint density at radius 3 is 2.65 bits per heavy atom. The Hall–Kier alpha value is -1.07. The number of aromatic hydroxyl groups is 1. The van der Waals surface area contributed by atoms with Crippen molar-refractivity contribution in [1.82, 2.24) is 4.90 Å². The summed E-state index contributed by atoms with van der Waals surface area (Å²) in [4.78, 5) is 14.0. The highest BCUT2D eigenvalue weighted by Crippen LogP contribution is 2.34. The molecular formula is C18H26BrNO3. The summed E-state index contributed by atoms with van der Waals surface area (Å²) in [7, 11) is 0. The van der Waals surface area contributed by atoms with Crippen molar-refractivity contribution in [3.05, 3.63) is 28.2 Å². The SMILES string of the molecule is CC(C)(CCCCC(=O)N1CCOCC1)c1ccc(Br)c(O)c1. The molecule has 0 spiro atoms. The normalized spacial score (nSPS) is 15.7. The van der Waals surface area contributed by atoms with Gasteiger partial charge in [0.2, 0.25) is 5.91 Å². The van der Waals surface area contributed by atoms with E-state index in [0.717, 1.165) is 37.9 Å². The van der Waals surface area contributed by atoms with Crippen molar-refractivity contribution in [1.29, 1.82) is 0 Å². The first-order valence-electron chi connectivity index (χ1n) is 8.25. The predicted octanol–water partition coefficient (Wildman–Crippen LogP) is 3.85. The van der Waals surface area contributed by atoms with Crippen LogP contribution in [-0.4, -0.2) is 42.2 Å². The Morgan fingerprint density at radius 1 is 1.30 bits per heavy atom. The Balaban J connectivity index is 1.77. The molecule has 5 heteroatoms. The number of nitrogens with zero attached hydrogens (tertiary/aromatic N) is 1. The molecule has 23 heavy (non-hydrogen) atoms. The number of halogens is 1. The third kappa shape index (κ3) is 5.21. The van der Waals surface area contributed by atoms with Gasteiger partial charge < -0.3 is 14.7 Å². The second kappa shape index (κ2) is 8.15. The van der Waals surface area contributed by atoms with Gasteiger partial charge in [0, 0.05) is 19.5 Å². The molecule has 4 nitrogen and oxygen atoms in total. The minimum atomic E-state index is -0.0137. The van der Waals surface area contributed by atoms with E-state index in [-0.39, 0.29) is 17.1 Å². The lowest BCUT2D eigenvalue weighted by Crippen LogP contribution is -2.40. The van der Waals surface area contributed by atoms with E-state index in [2.05, 4.69) is 29.8 Å². The first kappa shape index (κ1) is 18.3. The minimum absolute atomic E-state index is 0.0137. The van der Waals surface area contributed by atoms with Crippen LogP contribution >= 0.6 is 15.9 Å². The fourth-order valence-electron chi connectivity index (χ4n) is 2.89. The maximum atomic E-state index is 12.1. The molecule has 1 N–H and O–H groups in total. The van der Waals surface area contributed by atoms with Crippen LogP contribution < -0.4 is 0 Å². The number of carbonyl (C=O) groups is 1. The standard InChI is InChI=1S/C18H26BrNO3/c1-18(2,14-6-7-15(19)16(21)13-14)8-4-3-5-17(22)20-9-11-23-12-10-20/h6-7,13,21H,3-5,8-12H2,1-2H3. The van der Waals surface area contributed by atoms with Crippen LogP contribution in [0.2, 0.25) is 0 Å². The van der Waals surface area contributed by atoms with Gasteiger partial charge in [-0.15, -0.1) is 0 Å². The van der Waals surface area contributed by atoms with Crippen molar-refractivity contribution in [3.63, 3.8) is 0 Å². The van der Waals surface area contributed by atoms with Gasteiger partial charge in [-0.25, -0.2) is 0 Å². The third-order valence-electron chi connectivity index (χ3n) is 4.53. The molecule has 1 aliphatic heterocycles. The van der Waals surface area contributed by atoms with Gasteiger partial charge >= 0.3 is 0 Å². The van der Waals surface area contributed by atoms with E-state index >= 15 is 0 Å². The van der Waals surface area contributed by atoms with Crippen molar-refractivity contribution in [2.24, 2.45) is 0 Å². The lowest BCUT2D eigenvalue weighted by Gasteiger charge is -2.28. The Morgan fingerprint density at radius 2 is 2.00 bits per heavy atom. The molecule has 1 fully saturated rings. The zero-order chi connectivity index (χ0) is 16.9. The van der Waals surface area contributed by atoms with E-state index in [0.29, 0.717) is 24.1 Å². The van der Waals surface area contributed by atoms with Gasteiger partial charge in [-0.05, 0) is 51.9 Å². The summed E-state index contributed by atoms with van der Waals surface area (Å²) in [5.74, 6) is 0.519. The second-order valence-electron chi connectivity index (χ2n) is 6.75. The lowest BCUT2D eigenvalue weighted by molar-refractivity contribution is -0.135. The highest BCUT2D eigenvalue weighted by Gasteiger charge is 2.22. The van der Waals surface area contributed by atoms with Crippen molar-refractivity contribution in [2.45, 2.75) is 44.9 Å². The molecule has 1 aromatic rings. The third-order valence-corrected chi connectivity index (χ3v) is 5.20. The van der Waals surface area contributed by atoms with Gasteiger partial charge in [0.15, 0.2) is 0 Å². The van der Waals surface area contributed by atoms with Gasteiger partial charge in [-0.1, -0.05) is 26.3 Å². The lowest BCUT2D eigenvalue weighted by atomic mass is 9.80. The van der Waals surface area contributed by atoms with Gasteiger partial charge in [-0.3, -0.25) is 4.79 Å². The molecule has 0 aliphatic carbocycles. The summed E-state index contributed by atoms with van der Waals surface area (Å²) >= 11 is 3.31. The summed E-state index contributed by atoms with van der Waals surface area (Å²) in [5, 5.41) is 9.84. The van der Waals surface area contributed by atoms with Crippen LogP contribution in [0.3, 0.4) is 0 Å². The molecule has 0 saturated carbocycles. The number of phenolic OH excluding ortho intramolecular Hbond substituents is 1. The molecule has 1 amide bonds. The topological polar surface area (TPSA) is 49.8 Å². The number of hydrogen-bond donors (Lipinski definition) is 1. The molecule has 0 aromatic heterocycles. The number of unbranched alkanes of at least 4 members (excludes halogenated alkanes) is 1. The number of amides is 1. The van der Waals surface area contributed by atoms with Crippen molar-refractivity contribution in [3.8, 4) is 5.75 Å². The number of hydrogen-bond acceptors (Lipinski definition) is 3. The van der Waals surface area contributed by atoms with E-state index in [1.165, 1.54) is 0 Å². The van der Waals surface area contributed by atoms with E-state index in [9.17, 15) is 9.90 Å². The first-order valence-corrected chi connectivity index (χ1v) is 9.04. The van der Waals surface area contributed by atoms with Crippen LogP contribution in [0.15, 0.2) is 22.7 Å². The highest BCUT2D eigenvalue weighted by atomic mass is 79.9. The Labute approximate surface area is 147 Å². The molecule has 1 aliphatic rings. The van der Waals surface area contributed by atoms with Crippen LogP contribution in [0.25, 0.3) is 0 Å². The van der Waals surface area contributed by atoms with Gasteiger partial charge in [0.1, 0.15) is 5.75 Å². The Bertz CT molecular complexity index is 539. The van der Waals surface area contributed by atoms with Crippen molar-refractivity contribution >= 4 is 21.8 Å². The monoisotopic (exact) mass is 383 g/mol. The van der Waals surface area contributed by atoms with Crippen LogP contribution in [0.5, 0.6) is 5.75 Å². The first-order chi connectivity index (χ1) is 10.9. The van der Waals surface area contributed by atoms with Crippen molar-refractivity contribution in [2.75, 3.05) is 26.3 Å². The zero-order valence-corrected chi connectivity index (χ0v) is 15.6. The molecule has 1 heterocycles. The summed E-state index contributed by atoms with van der Waals surface area (Å²) < 4.78 is 5.99. The summed E-state index contributed by atoms with van der Waals surface area (Å²) in [6.07, 6.45) is 3.51. The number of phenols is 1. The average Bonchev–Trinajstić information content (AvgIpc) is 2.54. The van der Waals surface area contributed by atoms with Gasteiger partial charge in [-0.2, -0.15) is 0 Å². The maximum absolute atomic E-state index is 12.1. The average molecular weight is 384 g/mol. The molecule has 0 unspecified atom stereocenters. The smallest absolute Gasteiger partial charge is 0.222 e. The summed E-state index contributed by atoms with van der Waals surface area (Å²) in [6.45, 7) is 7.13. The van der Waals surface area contributed by atoms with E-state index in [1.54, 1.807) is 0 Å². The van der Waals surface area contributed by atoms with Gasteiger partial charge in [0.25, 0.3) is 0 Å².